The fourth-order valence-electron chi connectivity index (χ4n) is 3.40. The predicted octanol–water partition coefficient (Wildman–Crippen LogP) is 1.90. The van der Waals surface area contributed by atoms with E-state index in [4.69, 9.17) is 0 Å². The first-order valence-electron chi connectivity index (χ1n) is 9.01. The third kappa shape index (κ3) is 4.08. The van der Waals surface area contributed by atoms with E-state index < -0.39 is 0 Å². The van der Waals surface area contributed by atoms with Crippen molar-refractivity contribution in [1.29, 1.82) is 0 Å². The number of hydrogen-bond acceptors (Lipinski definition) is 2. The molecule has 0 radical (unpaired) electrons. The van der Waals surface area contributed by atoms with Crippen molar-refractivity contribution in [3.8, 4) is 0 Å². The zero-order valence-corrected chi connectivity index (χ0v) is 14.6. The second kappa shape index (κ2) is 7.69. The van der Waals surface area contributed by atoms with Crippen LogP contribution in [0, 0.1) is 0 Å². The van der Waals surface area contributed by atoms with E-state index in [2.05, 4.69) is 46.0 Å². The van der Waals surface area contributed by atoms with E-state index in [-0.39, 0.29) is 11.3 Å². The third-order valence-corrected chi connectivity index (χ3v) is 5.17. The first-order valence-corrected chi connectivity index (χ1v) is 9.01. The first kappa shape index (κ1) is 16.8. The molecule has 1 saturated heterocycles. The highest BCUT2D eigenvalue weighted by Crippen LogP contribution is 2.47. The van der Waals surface area contributed by atoms with E-state index in [1.807, 2.05) is 4.90 Å². The molecule has 0 bridgehead atoms. The Labute approximate surface area is 144 Å². The van der Waals surface area contributed by atoms with Gasteiger partial charge in [0.25, 0.3) is 0 Å². The molecule has 5 heteroatoms. The van der Waals surface area contributed by atoms with Crippen LogP contribution in [0.3, 0.4) is 0 Å². The molecule has 130 valence electrons. The lowest BCUT2D eigenvalue weighted by molar-refractivity contribution is -0.130. The zero-order valence-electron chi connectivity index (χ0n) is 14.6. The third-order valence-electron chi connectivity index (χ3n) is 5.17. The van der Waals surface area contributed by atoms with Gasteiger partial charge < -0.3 is 15.5 Å². The van der Waals surface area contributed by atoms with Gasteiger partial charge in [0, 0.05) is 32.1 Å². The molecular weight excluding hydrogens is 300 g/mol. The number of amides is 1. The largest absolute Gasteiger partial charge is 0.356 e. The number of piperidine rings is 1. The van der Waals surface area contributed by atoms with E-state index in [1.165, 1.54) is 24.8 Å². The van der Waals surface area contributed by atoms with Gasteiger partial charge in [0.1, 0.15) is 0 Å². The van der Waals surface area contributed by atoms with E-state index in [1.54, 1.807) is 7.05 Å². The normalized spacial score (nSPS) is 19.7. The predicted molar refractivity (Wildman–Crippen MR) is 97.1 cm³/mol. The van der Waals surface area contributed by atoms with Gasteiger partial charge >= 0.3 is 0 Å². The Kier molecular flexibility index (Phi) is 5.38. The van der Waals surface area contributed by atoms with E-state index in [9.17, 15) is 4.79 Å². The number of guanidine groups is 1. The van der Waals surface area contributed by atoms with Gasteiger partial charge in [-0.2, -0.15) is 0 Å². The molecule has 1 aromatic carbocycles. The molecule has 3 rings (SSSR count). The Morgan fingerprint density at radius 1 is 1.12 bits per heavy atom. The molecule has 0 unspecified atom stereocenters. The minimum Gasteiger partial charge on any atom is -0.356 e. The molecule has 24 heavy (non-hydrogen) atoms. The van der Waals surface area contributed by atoms with Crippen LogP contribution >= 0.6 is 0 Å². The number of carbonyl (C=O) groups excluding carboxylic acids is 1. The van der Waals surface area contributed by atoms with Gasteiger partial charge in [-0.3, -0.25) is 9.79 Å². The van der Waals surface area contributed by atoms with Crippen molar-refractivity contribution in [3.63, 3.8) is 0 Å². The molecule has 2 aliphatic rings. The summed E-state index contributed by atoms with van der Waals surface area (Å²) < 4.78 is 0. The first-order chi connectivity index (χ1) is 11.7. The molecule has 2 fully saturated rings. The van der Waals surface area contributed by atoms with Gasteiger partial charge in [0.2, 0.25) is 5.91 Å². The minimum absolute atomic E-state index is 0.168. The van der Waals surface area contributed by atoms with Crippen LogP contribution in [0.2, 0.25) is 0 Å². The van der Waals surface area contributed by atoms with Crippen molar-refractivity contribution in [3.05, 3.63) is 35.9 Å². The molecule has 1 amide bonds. The summed E-state index contributed by atoms with van der Waals surface area (Å²) in [5, 5.41) is 6.56. The van der Waals surface area contributed by atoms with Gasteiger partial charge in [0.15, 0.2) is 5.96 Å². The molecule has 1 aliphatic carbocycles. The standard InChI is InChI=1S/C19H28N4O/c1-20-18(21-14-17(24)23-12-6-3-7-13-23)22-15-19(10-11-19)16-8-4-2-5-9-16/h2,4-5,8-9H,3,6-7,10-15H2,1H3,(H2,20,21,22). The molecule has 2 N–H and O–H groups in total. The van der Waals surface area contributed by atoms with Crippen LogP contribution in [0.15, 0.2) is 35.3 Å². The number of rotatable bonds is 5. The van der Waals surface area contributed by atoms with Crippen LogP contribution in [-0.4, -0.2) is 50.0 Å². The average molecular weight is 328 g/mol. The number of benzene rings is 1. The summed E-state index contributed by atoms with van der Waals surface area (Å²) in [5.41, 5.74) is 1.62. The molecule has 1 aromatic rings. The van der Waals surface area contributed by atoms with Crippen LogP contribution in [0.5, 0.6) is 0 Å². The van der Waals surface area contributed by atoms with E-state index >= 15 is 0 Å². The Bertz CT molecular complexity index is 574. The highest BCUT2D eigenvalue weighted by molar-refractivity contribution is 5.86. The topological polar surface area (TPSA) is 56.7 Å². The van der Waals surface area contributed by atoms with Crippen LogP contribution < -0.4 is 10.6 Å². The molecule has 0 aromatic heterocycles. The van der Waals surface area contributed by atoms with E-state index in [0.717, 1.165) is 32.5 Å². The number of nitrogens with zero attached hydrogens (tertiary/aromatic N) is 2. The van der Waals surface area contributed by atoms with Crippen LogP contribution in [0.1, 0.15) is 37.7 Å². The summed E-state index contributed by atoms with van der Waals surface area (Å²) >= 11 is 0. The Morgan fingerprint density at radius 2 is 1.83 bits per heavy atom. The molecular formula is C19H28N4O. The second-order valence-corrected chi connectivity index (χ2v) is 6.87. The van der Waals surface area contributed by atoms with Crippen molar-refractivity contribution >= 4 is 11.9 Å². The van der Waals surface area contributed by atoms with Crippen molar-refractivity contribution < 1.29 is 4.79 Å². The summed E-state index contributed by atoms with van der Waals surface area (Å²) in [6.45, 7) is 2.96. The lowest BCUT2D eigenvalue weighted by Crippen LogP contribution is -2.47. The van der Waals surface area contributed by atoms with Crippen LogP contribution in [-0.2, 0) is 10.2 Å². The number of likely N-dealkylation sites (tertiary alicyclic amines) is 1. The van der Waals surface area contributed by atoms with Gasteiger partial charge in [-0.25, -0.2) is 0 Å². The summed E-state index contributed by atoms with van der Waals surface area (Å²) in [7, 11) is 1.75. The Hall–Kier alpha value is -2.04. The van der Waals surface area contributed by atoms with Gasteiger partial charge in [0.05, 0.1) is 6.54 Å². The summed E-state index contributed by atoms with van der Waals surface area (Å²) in [5.74, 6) is 0.879. The maximum Gasteiger partial charge on any atom is 0.241 e. The van der Waals surface area contributed by atoms with Crippen molar-refractivity contribution in [2.75, 3.05) is 33.2 Å². The maximum atomic E-state index is 12.2. The number of aliphatic imine (C=N–C) groups is 1. The highest BCUT2D eigenvalue weighted by Gasteiger charge is 2.44. The smallest absolute Gasteiger partial charge is 0.241 e. The molecule has 1 aliphatic heterocycles. The van der Waals surface area contributed by atoms with Crippen LogP contribution in [0.4, 0.5) is 0 Å². The van der Waals surface area contributed by atoms with Gasteiger partial charge in [-0.05, 0) is 37.7 Å². The molecule has 0 atom stereocenters. The lowest BCUT2D eigenvalue weighted by Gasteiger charge is -2.27. The molecule has 1 saturated carbocycles. The second-order valence-electron chi connectivity index (χ2n) is 6.87. The van der Waals surface area contributed by atoms with Gasteiger partial charge in [-0.15, -0.1) is 0 Å². The summed E-state index contributed by atoms with van der Waals surface area (Å²) in [6.07, 6.45) is 5.89. The SMILES string of the molecule is CN=C(NCC(=O)N1CCCCC1)NCC1(c2ccccc2)CC1. The zero-order chi connectivity index (χ0) is 16.8. The van der Waals surface area contributed by atoms with E-state index in [0.29, 0.717) is 12.5 Å². The fourth-order valence-corrected chi connectivity index (χ4v) is 3.40. The number of nitrogens with one attached hydrogen (secondary N) is 2. The van der Waals surface area contributed by atoms with Crippen molar-refractivity contribution in [1.82, 2.24) is 15.5 Å². The Balaban J connectivity index is 1.46. The number of hydrogen-bond donors (Lipinski definition) is 2. The average Bonchev–Trinajstić information content (AvgIpc) is 3.44. The quantitative estimate of drug-likeness (QED) is 0.641. The van der Waals surface area contributed by atoms with Gasteiger partial charge in [-0.1, -0.05) is 30.3 Å². The molecule has 5 nitrogen and oxygen atoms in total. The van der Waals surface area contributed by atoms with Crippen LogP contribution in [0.25, 0.3) is 0 Å². The van der Waals surface area contributed by atoms with Crippen molar-refractivity contribution in [2.45, 2.75) is 37.5 Å². The van der Waals surface area contributed by atoms with Crippen molar-refractivity contribution in [2.24, 2.45) is 4.99 Å². The molecule has 1 heterocycles. The fraction of sp³-hybridized carbons (Fsp3) is 0.579. The molecule has 0 spiro atoms. The number of carbonyl (C=O) groups is 1. The minimum atomic E-state index is 0.168. The summed E-state index contributed by atoms with van der Waals surface area (Å²) in [6, 6.07) is 10.6. The monoisotopic (exact) mass is 328 g/mol. The maximum absolute atomic E-state index is 12.2. The Morgan fingerprint density at radius 3 is 2.46 bits per heavy atom. The highest BCUT2D eigenvalue weighted by atomic mass is 16.2. The lowest BCUT2D eigenvalue weighted by atomic mass is 9.96. The summed E-state index contributed by atoms with van der Waals surface area (Å²) in [4.78, 5) is 18.4.